The molecule has 0 unspecified atom stereocenters. The van der Waals surface area contributed by atoms with Gasteiger partial charge in [0.2, 0.25) is 0 Å². The molecule has 2 rings (SSSR count). The first-order chi connectivity index (χ1) is 7.56. The van der Waals surface area contributed by atoms with Crippen molar-refractivity contribution >= 4 is 11.3 Å². The van der Waals surface area contributed by atoms with E-state index in [0.717, 1.165) is 18.4 Å². The van der Waals surface area contributed by atoms with E-state index in [2.05, 4.69) is 6.58 Å². The molecule has 1 aliphatic carbocycles. The average molecular weight is 216 g/mol. The summed E-state index contributed by atoms with van der Waals surface area (Å²) in [6.07, 6.45) is 2.13. The van der Waals surface area contributed by atoms with Crippen molar-refractivity contribution in [3.8, 4) is 6.07 Å². The predicted octanol–water partition coefficient (Wildman–Crippen LogP) is 3.19. The summed E-state index contributed by atoms with van der Waals surface area (Å²) in [5.41, 5.74) is 8.22. The molecule has 1 fully saturated rings. The smallest absolute Gasteiger partial charge is 0.150 e. The van der Waals surface area contributed by atoms with Crippen LogP contribution in [0.5, 0.6) is 0 Å². The maximum Gasteiger partial charge on any atom is 0.150 e. The fourth-order valence-corrected chi connectivity index (χ4v) is 1.92. The van der Waals surface area contributed by atoms with Crippen molar-refractivity contribution in [3.05, 3.63) is 35.2 Å². The number of nitriles is 1. The highest BCUT2D eigenvalue weighted by molar-refractivity contribution is 5.77. The van der Waals surface area contributed by atoms with Gasteiger partial charge in [-0.15, -0.1) is 0 Å². The lowest BCUT2D eigenvalue weighted by Crippen LogP contribution is -2.03. The summed E-state index contributed by atoms with van der Waals surface area (Å²) < 4.78 is 13.9. The number of benzene rings is 1. The Morgan fingerprint density at radius 2 is 2.25 bits per heavy atom. The van der Waals surface area contributed by atoms with Crippen LogP contribution in [0.15, 0.2) is 12.6 Å². The van der Waals surface area contributed by atoms with Gasteiger partial charge in [-0.3, -0.25) is 0 Å². The van der Waals surface area contributed by atoms with Crippen LogP contribution < -0.4 is 5.73 Å². The summed E-state index contributed by atoms with van der Waals surface area (Å²) in [5, 5.41) is 8.88. The van der Waals surface area contributed by atoms with Gasteiger partial charge in [0.15, 0.2) is 0 Å². The van der Waals surface area contributed by atoms with Gasteiger partial charge in [0, 0.05) is 11.3 Å². The van der Waals surface area contributed by atoms with Gasteiger partial charge in [0.25, 0.3) is 0 Å². The Morgan fingerprint density at radius 1 is 1.62 bits per heavy atom. The molecule has 3 heteroatoms. The first-order valence-corrected chi connectivity index (χ1v) is 5.24. The van der Waals surface area contributed by atoms with Gasteiger partial charge in [-0.05, 0) is 42.9 Å². The van der Waals surface area contributed by atoms with E-state index < -0.39 is 5.82 Å². The first-order valence-electron chi connectivity index (χ1n) is 5.24. The third-order valence-electron chi connectivity index (χ3n) is 2.90. The van der Waals surface area contributed by atoms with E-state index in [-0.39, 0.29) is 5.56 Å². The van der Waals surface area contributed by atoms with Crippen LogP contribution in [0.4, 0.5) is 10.1 Å². The fraction of sp³-hybridized carbons (Fsp3) is 0.308. The number of nitrogens with zero attached hydrogens (tertiary/aromatic N) is 1. The van der Waals surface area contributed by atoms with Gasteiger partial charge < -0.3 is 5.73 Å². The topological polar surface area (TPSA) is 49.8 Å². The van der Waals surface area contributed by atoms with Gasteiger partial charge >= 0.3 is 0 Å². The second-order valence-electron chi connectivity index (χ2n) is 4.28. The fourth-order valence-electron chi connectivity index (χ4n) is 1.92. The summed E-state index contributed by atoms with van der Waals surface area (Å²) in [6.45, 7) is 5.41. The maximum absolute atomic E-state index is 13.9. The monoisotopic (exact) mass is 216 g/mol. The Labute approximate surface area is 94.2 Å². The van der Waals surface area contributed by atoms with E-state index in [9.17, 15) is 4.39 Å². The molecule has 2 nitrogen and oxygen atoms in total. The van der Waals surface area contributed by atoms with Crippen LogP contribution in [0.25, 0.3) is 5.57 Å². The molecular weight excluding hydrogens is 203 g/mol. The van der Waals surface area contributed by atoms with Crippen molar-refractivity contribution in [1.29, 1.82) is 5.26 Å². The van der Waals surface area contributed by atoms with E-state index in [0.29, 0.717) is 22.7 Å². The van der Waals surface area contributed by atoms with Crippen molar-refractivity contribution in [2.45, 2.75) is 25.7 Å². The minimum absolute atomic E-state index is 0.0640. The third-order valence-corrected chi connectivity index (χ3v) is 2.90. The molecule has 0 heterocycles. The van der Waals surface area contributed by atoms with Gasteiger partial charge in [-0.25, -0.2) is 4.39 Å². The third kappa shape index (κ3) is 1.57. The summed E-state index contributed by atoms with van der Waals surface area (Å²) >= 11 is 0. The summed E-state index contributed by atoms with van der Waals surface area (Å²) in [7, 11) is 0. The Morgan fingerprint density at radius 3 is 2.69 bits per heavy atom. The van der Waals surface area contributed by atoms with Crippen molar-refractivity contribution in [2.75, 3.05) is 5.73 Å². The summed E-state index contributed by atoms with van der Waals surface area (Å²) in [4.78, 5) is 0. The van der Waals surface area contributed by atoms with Crippen molar-refractivity contribution in [3.63, 3.8) is 0 Å². The van der Waals surface area contributed by atoms with Crippen molar-refractivity contribution < 1.29 is 4.39 Å². The molecule has 1 saturated carbocycles. The molecule has 0 saturated heterocycles. The summed E-state index contributed by atoms with van der Waals surface area (Å²) in [6, 6.07) is 3.45. The number of hydrogen-bond donors (Lipinski definition) is 1. The van der Waals surface area contributed by atoms with Crippen LogP contribution in [-0.2, 0) is 0 Å². The van der Waals surface area contributed by atoms with Gasteiger partial charge in [0.05, 0.1) is 5.56 Å². The van der Waals surface area contributed by atoms with E-state index in [1.165, 1.54) is 0 Å². The lowest BCUT2D eigenvalue weighted by molar-refractivity contribution is 0.620. The molecule has 0 amide bonds. The van der Waals surface area contributed by atoms with Crippen molar-refractivity contribution in [1.82, 2.24) is 0 Å². The molecule has 1 aromatic rings. The second kappa shape index (κ2) is 3.64. The largest absolute Gasteiger partial charge is 0.398 e. The highest BCUT2D eigenvalue weighted by atomic mass is 19.1. The predicted molar refractivity (Wildman–Crippen MR) is 62.2 cm³/mol. The molecule has 2 N–H and O–H groups in total. The molecule has 0 aliphatic heterocycles. The minimum Gasteiger partial charge on any atom is -0.398 e. The molecule has 0 spiro atoms. The number of nitrogens with two attached hydrogens (primary N) is 1. The van der Waals surface area contributed by atoms with Crippen LogP contribution in [0.2, 0.25) is 0 Å². The molecule has 1 aromatic carbocycles. The Kier molecular flexibility index (Phi) is 2.43. The van der Waals surface area contributed by atoms with Crippen LogP contribution in [-0.4, -0.2) is 0 Å². The number of nitrogen functional groups attached to an aromatic ring is 1. The molecule has 16 heavy (non-hydrogen) atoms. The lowest BCUT2D eigenvalue weighted by atomic mass is 9.96. The standard InChI is InChI=1S/C13H13FN2/c1-7(2)11-12(14)9(6-15)5-10(13(11)16)8-3-4-8/h5,8H,1,3-4,16H2,2H3. The quantitative estimate of drug-likeness (QED) is 0.772. The van der Waals surface area contributed by atoms with Gasteiger partial charge in [-0.1, -0.05) is 6.58 Å². The number of anilines is 1. The molecular formula is C13H13FN2. The van der Waals surface area contributed by atoms with Gasteiger partial charge in [-0.2, -0.15) is 5.26 Å². The number of halogens is 1. The van der Waals surface area contributed by atoms with E-state index in [4.69, 9.17) is 11.0 Å². The second-order valence-corrected chi connectivity index (χ2v) is 4.28. The molecule has 0 bridgehead atoms. The average Bonchev–Trinajstić information content (AvgIpc) is 3.01. The zero-order valence-electron chi connectivity index (χ0n) is 9.18. The van der Waals surface area contributed by atoms with E-state index in [1.807, 2.05) is 6.07 Å². The molecule has 0 aromatic heterocycles. The zero-order chi connectivity index (χ0) is 11.9. The molecule has 82 valence electrons. The van der Waals surface area contributed by atoms with Crippen LogP contribution in [0.3, 0.4) is 0 Å². The van der Waals surface area contributed by atoms with Crippen LogP contribution in [0.1, 0.15) is 42.4 Å². The number of rotatable bonds is 2. The highest BCUT2D eigenvalue weighted by Gasteiger charge is 2.29. The maximum atomic E-state index is 13.9. The van der Waals surface area contributed by atoms with E-state index >= 15 is 0 Å². The first kappa shape index (κ1) is 10.7. The highest BCUT2D eigenvalue weighted by Crippen LogP contribution is 2.45. The summed E-state index contributed by atoms with van der Waals surface area (Å²) in [5.74, 6) is -0.150. The molecule has 1 aliphatic rings. The van der Waals surface area contributed by atoms with Crippen molar-refractivity contribution in [2.24, 2.45) is 0 Å². The minimum atomic E-state index is -0.545. The SMILES string of the molecule is C=C(C)c1c(N)c(C2CC2)cc(C#N)c1F. The normalized spacial score (nSPS) is 14.6. The Balaban J connectivity index is 2.71. The zero-order valence-corrected chi connectivity index (χ0v) is 9.18. The number of allylic oxidation sites excluding steroid dienone is 1. The van der Waals surface area contributed by atoms with Gasteiger partial charge in [0.1, 0.15) is 11.9 Å². The van der Waals surface area contributed by atoms with Crippen LogP contribution in [0, 0.1) is 17.1 Å². The van der Waals surface area contributed by atoms with E-state index in [1.54, 1.807) is 13.0 Å². The Bertz CT molecular complexity index is 508. The molecule has 0 radical (unpaired) electrons. The molecule has 0 atom stereocenters. The van der Waals surface area contributed by atoms with Crippen LogP contribution >= 0.6 is 0 Å². The number of hydrogen-bond acceptors (Lipinski definition) is 2. The Hall–Kier alpha value is -1.82. The lowest BCUT2D eigenvalue weighted by Gasteiger charge is -2.13.